The van der Waals surface area contributed by atoms with E-state index in [1.807, 2.05) is 14.0 Å². The van der Waals surface area contributed by atoms with Crippen LogP contribution < -0.4 is 4.74 Å². The fourth-order valence-electron chi connectivity index (χ4n) is 2.63. The number of aromatic nitrogens is 2. The molecule has 1 unspecified atom stereocenters. The molecule has 2 heterocycles. The molecule has 0 amide bonds. The first-order valence-corrected chi connectivity index (χ1v) is 8.70. The quantitative estimate of drug-likeness (QED) is 0.695. The Kier molecular flexibility index (Phi) is 6.35. The van der Waals surface area contributed by atoms with Crippen LogP contribution in [0.3, 0.4) is 0 Å². The minimum atomic E-state index is -1.62. The van der Waals surface area contributed by atoms with Gasteiger partial charge >= 0.3 is 0 Å². The van der Waals surface area contributed by atoms with Crippen molar-refractivity contribution in [3.05, 3.63) is 11.8 Å². The van der Waals surface area contributed by atoms with Crippen LogP contribution in [0.2, 0.25) is 10.4 Å². The first-order chi connectivity index (χ1) is 11.2. The van der Waals surface area contributed by atoms with Gasteiger partial charge in [-0.2, -0.15) is 4.37 Å². The molecule has 0 aromatic carbocycles. The average Bonchev–Trinajstić information content (AvgIpc) is 2.95. The van der Waals surface area contributed by atoms with Gasteiger partial charge in [-0.15, -0.1) is 9.59 Å². The zero-order chi connectivity index (χ0) is 18.0. The molecule has 0 saturated heterocycles. The summed E-state index contributed by atoms with van der Waals surface area (Å²) in [5.74, 6) is 0.307. The molecule has 10 radical (unpaired) electrons. The molecule has 1 aliphatic heterocycles. The SMILES string of the molecule is [B]C(Oc1nsnc1C1=CCCN(C)C1)C([B])([B])C([B])([B])CCC. The Morgan fingerprint density at radius 3 is 2.67 bits per heavy atom. The highest BCUT2D eigenvalue weighted by Gasteiger charge is 2.39. The molecule has 116 valence electrons. The summed E-state index contributed by atoms with van der Waals surface area (Å²) in [6, 6.07) is -1.12. The Morgan fingerprint density at radius 1 is 1.33 bits per heavy atom. The summed E-state index contributed by atoms with van der Waals surface area (Å²) < 4.78 is 14.2. The second kappa shape index (κ2) is 7.73. The third kappa shape index (κ3) is 4.13. The van der Waals surface area contributed by atoms with Gasteiger partial charge in [0.1, 0.15) is 13.5 Å². The lowest BCUT2D eigenvalue weighted by atomic mass is 9.26. The first-order valence-electron chi connectivity index (χ1n) is 7.97. The number of ether oxygens (including phenoxy) is 1. The summed E-state index contributed by atoms with van der Waals surface area (Å²) in [5, 5.41) is -2.99. The average molecular weight is 330 g/mol. The zero-order valence-corrected chi connectivity index (χ0v) is 15.1. The molecular formula is C14H18B5N3OS. The molecule has 2 rings (SSSR count). The van der Waals surface area contributed by atoms with Crippen molar-refractivity contribution in [2.75, 3.05) is 20.1 Å². The highest BCUT2D eigenvalue weighted by atomic mass is 32.1. The minimum Gasteiger partial charge on any atom is -0.484 e. The van der Waals surface area contributed by atoms with Crippen molar-refractivity contribution in [2.45, 2.75) is 42.6 Å². The van der Waals surface area contributed by atoms with Crippen LogP contribution in [0.15, 0.2) is 6.08 Å². The summed E-state index contributed by atoms with van der Waals surface area (Å²) >= 11 is 1.05. The van der Waals surface area contributed by atoms with E-state index >= 15 is 0 Å². The normalized spacial score (nSPS) is 18.2. The van der Waals surface area contributed by atoms with E-state index in [2.05, 4.69) is 19.7 Å². The maximum atomic E-state index is 6.10. The molecule has 1 aromatic rings. The standard InChI is InChI=1S/C14H18B5N3OS/c1-3-6-13(16,17)14(18,19)12(15)23-11-10(20-24-21-11)9-5-4-7-22(2)8-9/h5,12H,3-4,6-8H2,1-2H3. The lowest BCUT2D eigenvalue weighted by Gasteiger charge is -2.48. The molecule has 10 heteroatoms. The summed E-state index contributed by atoms with van der Waals surface area (Å²) in [5.41, 5.74) is 1.70. The predicted octanol–water partition coefficient (Wildman–Crippen LogP) is 0.837. The second-order valence-electron chi connectivity index (χ2n) is 6.44. The summed E-state index contributed by atoms with van der Waals surface area (Å²) in [4.78, 5) is 2.20. The van der Waals surface area contributed by atoms with E-state index in [0.29, 0.717) is 18.0 Å². The molecule has 1 aliphatic rings. The maximum absolute atomic E-state index is 6.10. The molecule has 0 fully saturated rings. The maximum Gasteiger partial charge on any atom is 0.253 e. The van der Waals surface area contributed by atoms with Gasteiger partial charge < -0.3 is 9.64 Å². The highest BCUT2D eigenvalue weighted by Crippen LogP contribution is 2.48. The number of rotatable bonds is 7. The van der Waals surface area contributed by atoms with Gasteiger partial charge in [0.05, 0.1) is 43.1 Å². The van der Waals surface area contributed by atoms with E-state index in [1.165, 1.54) is 0 Å². The zero-order valence-electron chi connectivity index (χ0n) is 14.2. The summed E-state index contributed by atoms with van der Waals surface area (Å²) in [6.07, 6.45) is 4.20. The molecular weight excluding hydrogens is 312 g/mol. The van der Waals surface area contributed by atoms with Gasteiger partial charge in [0.25, 0.3) is 5.88 Å². The van der Waals surface area contributed by atoms with Crippen LogP contribution in [-0.2, 0) is 0 Å². The Bertz CT molecular complexity index is 593. The molecule has 0 spiro atoms. The molecule has 24 heavy (non-hydrogen) atoms. The van der Waals surface area contributed by atoms with E-state index in [1.54, 1.807) is 0 Å². The van der Waals surface area contributed by atoms with Crippen molar-refractivity contribution in [1.82, 2.24) is 13.6 Å². The van der Waals surface area contributed by atoms with Crippen LogP contribution in [0, 0.1) is 0 Å². The minimum absolute atomic E-state index is 0.307. The number of hydrogen-bond acceptors (Lipinski definition) is 5. The largest absolute Gasteiger partial charge is 0.484 e. The number of likely N-dealkylation sites (N-methyl/N-ethyl adjacent to an activating group) is 1. The van der Waals surface area contributed by atoms with Gasteiger partial charge in [-0.3, -0.25) is 0 Å². The van der Waals surface area contributed by atoms with E-state index in [0.717, 1.165) is 43.2 Å². The molecule has 1 atom stereocenters. The van der Waals surface area contributed by atoms with E-state index in [-0.39, 0.29) is 0 Å². The smallest absolute Gasteiger partial charge is 0.253 e. The topological polar surface area (TPSA) is 38.3 Å². The Hall–Kier alpha value is -0.615. The Labute approximate surface area is 155 Å². The van der Waals surface area contributed by atoms with E-state index < -0.39 is 16.4 Å². The van der Waals surface area contributed by atoms with Gasteiger partial charge in [-0.05, 0) is 19.0 Å². The highest BCUT2D eigenvalue weighted by molar-refractivity contribution is 6.99. The van der Waals surface area contributed by atoms with Crippen LogP contribution in [0.1, 0.15) is 31.9 Å². The van der Waals surface area contributed by atoms with Gasteiger partial charge in [0, 0.05) is 19.1 Å². The van der Waals surface area contributed by atoms with Crippen LogP contribution in [0.4, 0.5) is 0 Å². The molecule has 1 aromatic heterocycles. The van der Waals surface area contributed by atoms with Crippen LogP contribution in [0.5, 0.6) is 5.88 Å². The fraction of sp³-hybridized carbons (Fsp3) is 0.714. The van der Waals surface area contributed by atoms with Crippen LogP contribution >= 0.6 is 11.7 Å². The summed E-state index contributed by atoms with van der Waals surface area (Å²) in [7, 11) is 32.4. The Balaban J connectivity index is 2.17. The lowest BCUT2D eigenvalue weighted by Crippen LogP contribution is -2.45. The van der Waals surface area contributed by atoms with Gasteiger partial charge in [-0.1, -0.05) is 31.1 Å². The molecule has 0 aliphatic carbocycles. The molecule has 0 saturated carbocycles. The van der Waals surface area contributed by atoms with Crippen molar-refractivity contribution in [1.29, 1.82) is 0 Å². The monoisotopic (exact) mass is 331 g/mol. The molecule has 4 nitrogen and oxygen atoms in total. The van der Waals surface area contributed by atoms with E-state index in [4.69, 9.17) is 44.0 Å². The van der Waals surface area contributed by atoms with Gasteiger partial charge in [-0.25, -0.2) is 0 Å². The number of hydrogen-bond donors (Lipinski definition) is 0. The Morgan fingerprint density at radius 2 is 2.04 bits per heavy atom. The lowest BCUT2D eigenvalue weighted by molar-refractivity contribution is 0.234. The van der Waals surface area contributed by atoms with Crippen molar-refractivity contribution in [3.63, 3.8) is 0 Å². The van der Waals surface area contributed by atoms with Crippen molar-refractivity contribution in [2.24, 2.45) is 0 Å². The van der Waals surface area contributed by atoms with Crippen molar-refractivity contribution >= 4 is 56.5 Å². The number of nitrogens with zero attached hydrogens (tertiary/aromatic N) is 3. The molecule has 0 N–H and O–H groups in total. The van der Waals surface area contributed by atoms with E-state index in [9.17, 15) is 0 Å². The van der Waals surface area contributed by atoms with Crippen LogP contribution in [-0.4, -0.2) is 79.0 Å². The predicted molar refractivity (Wildman–Crippen MR) is 103 cm³/mol. The summed E-state index contributed by atoms with van der Waals surface area (Å²) in [6.45, 7) is 3.71. The van der Waals surface area contributed by atoms with Gasteiger partial charge in [0.2, 0.25) is 0 Å². The fourth-order valence-corrected chi connectivity index (χ4v) is 3.15. The van der Waals surface area contributed by atoms with Crippen LogP contribution in [0.25, 0.3) is 5.57 Å². The second-order valence-corrected chi connectivity index (χ2v) is 6.96. The van der Waals surface area contributed by atoms with Crippen molar-refractivity contribution < 1.29 is 4.74 Å². The van der Waals surface area contributed by atoms with Gasteiger partial charge in [0.15, 0.2) is 0 Å². The molecule has 0 bridgehead atoms. The van der Waals surface area contributed by atoms with Crippen molar-refractivity contribution in [3.8, 4) is 5.88 Å². The third-order valence-corrected chi connectivity index (χ3v) is 4.80. The third-order valence-electron chi connectivity index (χ3n) is 4.28. The first kappa shape index (κ1) is 19.7.